The van der Waals surface area contributed by atoms with E-state index < -0.39 is 5.97 Å². The molecule has 1 unspecified atom stereocenters. The van der Waals surface area contributed by atoms with Crippen molar-refractivity contribution in [1.82, 2.24) is 10.2 Å². The Kier molecular flexibility index (Phi) is 5.37. The minimum absolute atomic E-state index is 0.0576. The zero-order valence-corrected chi connectivity index (χ0v) is 14.8. The van der Waals surface area contributed by atoms with Gasteiger partial charge in [-0.2, -0.15) is 0 Å². The van der Waals surface area contributed by atoms with Gasteiger partial charge in [0.15, 0.2) is 0 Å². The van der Waals surface area contributed by atoms with Gasteiger partial charge >= 0.3 is 5.97 Å². The first-order valence-corrected chi connectivity index (χ1v) is 8.74. The van der Waals surface area contributed by atoms with Gasteiger partial charge in [0, 0.05) is 32.2 Å². The average molecular weight is 357 g/mol. The summed E-state index contributed by atoms with van der Waals surface area (Å²) in [6.45, 7) is 1.39. The normalized spacial score (nSPS) is 21.1. The van der Waals surface area contributed by atoms with Crippen LogP contribution < -0.4 is 10.2 Å². The second-order valence-corrected chi connectivity index (χ2v) is 6.74. The molecule has 0 radical (unpaired) electrons. The summed E-state index contributed by atoms with van der Waals surface area (Å²) in [4.78, 5) is 38.0. The molecule has 0 aliphatic carbocycles. The Bertz CT molecular complexity index is 759. The van der Waals surface area contributed by atoms with Gasteiger partial charge in [-0.1, -0.05) is 18.2 Å². The van der Waals surface area contributed by atoms with Gasteiger partial charge in [0.05, 0.1) is 6.54 Å². The van der Waals surface area contributed by atoms with Crippen LogP contribution in [0.4, 0.5) is 5.69 Å². The van der Waals surface area contributed by atoms with Gasteiger partial charge < -0.3 is 10.0 Å². The molecule has 2 amide bonds. The van der Waals surface area contributed by atoms with Crippen LogP contribution in [-0.4, -0.2) is 60.5 Å². The Labute approximate surface area is 152 Å². The molecule has 7 heteroatoms. The number of carboxylic acid groups (broad SMARTS) is 1. The van der Waals surface area contributed by atoms with E-state index in [1.165, 1.54) is 5.57 Å². The van der Waals surface area contributed by atoms with E-state index in [1.54, 1.807) is 0 Å². The maximum Gasteiger partial charge on any atom is 0.317 e. The molecule has 1 fully saturated rings. The molecule has 2 N–H and O–H groups in total. The number of amides is 2. The Balaban J connectivity index is 1.72. The zero-order chi connectivity index (χ0) is 18.7. The average Bonchev–Trinajstić information content (AvgIpc) is 2.61. The molecular weight excluding hydrogens is 334 g/mol. The minimum Gasteiger partial charge on any atom is -0.480 e. The molecule has 1 aromatic carbocycles. The van der Waals surface area contributed by atoms with E-state index in [-0.39, 0.29) is 24.4 Å². The lowest BCUT2D eigenvalue weighted by atomic mass is 9.98. The lowest BCUT2D eigenvalue weighted by Crippen LogP contribution is -2.51. The highest BCUT2D eigenvalue weighted by molar-refractivity contribution is 6.01. The highest BCUT2D eigenvalue weighted by Gasteiger charge is 2.30. The van der Waals surface area contributed by atoms with E-state index in [2.05, 4.69) is 11.4 Å². The number of aliphatic carboxylic acids is 1. The Morgan fingerprint density at radius 2 is 2.15 bits per heavy atom. The molecule has 1 atom stereocenters. The van der Waals surface area contributed by atoms with Gasteiger partial charge in [-0.05, 0) is 36.1 Å². The van der Waals surface area contributed by atoms with Crippen molar-refractivity contribution in [3.63, 3.8) is 0 Å². The number of piperidine rings is 1. The van der Waals surface area contributed by atoms with Crippen LogP contribution in [0.25, 0.3) is 5.57 Å². The molecule has 2 aliphatic heterocycles. The van der Waals surface area contributed by atoms with Crippen LogP contribution in [0, 0.1) is 0 Å². The second kappa shape index (κ2) is 7.70. The van der Waals surface area contributed by atoms with E-state index >= 15 is 0 Å². The number of carboxylic acids is 1. The number of rotatable bonds is 5. The number of imide groups is 1. The van der Waals surface area contributed by atoms with Crippen molar-refractivity contribution in [3.05, 3.63) is 35.9 Å². The quantitative estimate of drug-likeness (QED) is 0.767. The first-order valence-electron chi connectivity index (χ1n) is 8.74. The number of benzene rings is 1. The molecule has 1 aromatic rings. The highest BCUT2D eigenvalue weighted by Crippen LogP contribution is 2.27. The van der Waals surface area contributed by atoms with Gasteiger partial charge in [-0.3, -0.25) is 24.6 Å². The van der Waals surface area contributed by atoms with E-state index in [9.17, 15) is 14.4 Å². The summed E-state index contributed by atoms with van der Waals surface area (Å²) in [6, 6.07) is 7.63. The molecule has 0 spiro atoms. The van der Waals surface area contributed by atoms with Crippen molar-refractivity contribution >= 4 is 29.0 Å². The summed E-state index contributed by atoms with van der Waals surface area (Å²) >= 11 is 0. The number of hydrogen-bond donors (Lipinski definition) is 2. The molecule has 26 heavy (non-hydrogen) atoms. The Morgan fingerprint density at radius 3 is 2.81 bits per heavy atom. The summed E-state index contributed by atoms with van der Waals surface area (Å²) in [5.41, 5.74) is 3.19. The van der Waals surface area contributed by atoms with Crippen molar-refractivity contribution in [2.24, 2.45) is 0 Å². The fraction of sp³-hybridized carbons (Fsp3) is 0.421. The number of hydrogen-bond acceptors (Lipinski definition) is 5. The molecule has 138 valence electrons. The van der Waals surface area contributed by atoms with E-state index in [0.29, 0.717) is 25.9 Å². The van der Waals surface area contributed by atoms with Gasteiger partial charge in [-0.15, -0.1) is 0 Å². The predicted molar refractivity (Wildman–Crippen MR) is 97.7 cm³/mol. The summed E-state index contributed by atoms with van der Waals surface area (Å²) in [7, 11) is 1.86. The number of carbonyl (C=O) groups is 3. The molecule has 7 nitrogen and oxygen atoms in total. The fourth-order valence-corrected chi connectivity index (χ4v) is 3.46. The van der Waals surface area contributed by atoms with Crippen LogP contribution in [0.15, 0.2) is 30.3 Å². The number of nitrogens with one attached hydrogen (secondary N) is 1. The van der Waals surface area contributed by atoms with E-state index in [0.717, 1.165) is 17.7 Å². The maximum atomic E-state index is 12.1. The molecule has 0 saturated carbocycles. The van der Waals surface area contributed by atoms with Crippen molar-refractivity contribution in [2.75, 3.05) is 31.6 Å². The summed E-state index contributed by atoms with van der Waals surface area (Å²) < 4.78 is 0. The summed E-state index contributed by atoms with van der Waals surface area (Å²) in [6.07, 6.45) is 3.72. The topological polar surface area (TPSA) is 89.9 Å². The third-order valence-electron chi connectivity index (χ3n) is 4.95. The van der Waals surface area contributed by atoms with Crippen molar-refractivity contribution in [3.8, 4) is 0 Å². The van der Waals surface area contributed by atoms with Gasteiger partial charge in [0.25, 0.3) is 0 Å². The van der Waals surface area contributed by atoms with Crippen molar-refractivity contribution in [2.45, 2.75) is 25.3 Å². The van der Waals surface area contributed by atoms with Crippen LogP contribution >= 0.6 is 0 Å². The number of anilines is 1. The first-order chi connectivity index (χ1) is 12.4. The molecule has 0 bridgehead atoms. The van der Waals surface area contributed by atoms with Crippen molar-refractivity contribution < 1.29 is 19.5 Å². The van der Waals surface area contributed by atoms with Gasteiger partial charge in [0.2, 0.25) is 11.8 Å². The number of carbonyl (C=O) groups excluding carboxylic acids is 2. The van der Waals surface area contributed by atoms with Crippen LogP contribution in [0.3, 0.4) is 0 Å². The molecule has 3 rings (SSSR count). The van der Waals surface area contributed by atoms with Gasteiger partial charge in [-0.25, -0.2) is 0 Å². The summed E-state index contributed by atoms with van der Waals surface area (Å²) in [5, 5.41) is 11.3. The molecule has 2 heterocycles. The predicted octanol–water partition coefficient (Wildman–Crippen LogP) is 1.10. The third kappa shape index (κ3) is 4.11. The lowest BCUT2D eigenvalue weighted by Gasteiger charge is -2.32. The molecule has 1 saturated heterocycles. The molecule has 2 aliphatic rings. The largest absolute Gasteiger partial charge is 0.480 e. The van der Waals surface area contributed by atoms with E-state index in [4.69, 9.17) is 5.11 Å². The van der Waals surface area contributed by atoms with Crippen LogP contribution in [0.2, 0.25) is 0 Å². The highest BCUT2D eigenvalue weighted by atomic mass is 16.4. The number of nitrogens with zero attached hydrogens (tertiary/aromatic N) is 2. The second-order valence-electron chi connectivity index (χ2n) is 6.74. The third-order valence-corrected chi connectivity index (χ3v) is 4.95. The summed E-state index contributed by atoms with van der Waals surface area (Å²) in [5.74, 6) is -1.28. The number of likely N-dealkylation sites (N-methyl/N-ethyl adjacent to an activating group) is 1. The van der Waals surface area contributed by atoms with Crippen molar-refractivity contribution in [1.29, 1.82) is 0 Å². The smallest absolute Gasteiger partial charge is 0.317 e. The van der Waals surface area contributed by atoms with Gasteiger partial charge in [0.1, 0.15) is 6.04 Å². The maximum absolute atomic E-state index is 12.1. The fourth-order valence-electron chi connectivity index (χ4n) is 3.46. The van der Waals surface area contributed by atoms with E-state index in [1.807, 2.05) is 41.1 Å². The molecular formula is C19H23N3O4. The lowest BCUT2D eigenvalue weighted by molar-refractivity contribution is -0.138. The SMILES string of the molecule is CN(c1cccc(C2=CCN(CC(=O)O)CC2)c1)C1CCC(=O)NC1=O. The minimum atomic E-state index is -0.810. The monoisotopic (exact) mass is 357 g/mol. The Hall–Kier alpha value is -2.67. The standard InChI is InChI=1S/C19H23N3O4/c1-21(16-5-6-17(23)20-19(16)26)15-4-2-3-14(11-15)13-7-9-22(10-8-13)12-18(24)25/h2-4,7,11,16H,5-6,8-10,12H2,1H3,(H,24,25)(H,20,23,26). The Morgan fingerprint density at radius 1 is 1.35 bits per heavy atom. The molecule has 0 aromatic heterocycles. The first kappa shape index (κ1) is 18.1. The van der Waals surface area contributed by atoms with Crippen LogP contribution in [0.5, 0.6) is 0 Å². The van der Waals surface area contributed by atoms with Crippen LogP contribution in [0.1, 0.15) is 24.8 Å². The van der Waals surface area contributed by atoms with Crippen LogP contribution in [-0.2, 0) is 14.4 Å². The zero-order valence-electron chi connectivity index (χ0n) is 14.8.